The number of hydrogen-bond acceptors (Lipinski definition) is 5. The molecule has 108 valence electrons. The van der Waals surface area contributed by atoms with E-state index in [0.717, 1.165) is 18.9 Å². The molecule has 0 aromatic carbocycles. The van der Waals surface area contributed by atoms with Crippen LogP contribution in [0.25, 0.3) is 0 Å². The molecule has 0 aliphatic carbocycles. The molecule has 2 fully saturated rings. The van der Waals surface area contributed by atoms with Gasteiger partial charge in [-0.2, -0.15) is 0 Å². The summed E-state index contributed by atoms with van der Waals surface area (Å²) in [5.74, 6) is 0.254. The van der Waals surface area contributed by atoms with Gasteiger partial charge in [0.2, 0.25) is 0 Å². The Morgan fingerprint density at radius 1 is 1.25 bits per heavy atom. The van der Waals surface area contributed by atoms with Gasteiger partial charge in [-0.3, -0.25) is 9.78 Å². The van der Waals surface area contributed by atoms with Crippen LogP contribution in [0.5, 0.6) is 0 Å². The van der Waals surface area contributed by atoms with Crippen LogP contribution in [0.4, 0.5) is 5.82 Å². The van der Waals surface area contributed by atoms with Gasteiger partial charge in [0.15, 0.2) is 0 Å². The molecular weight excluding hydrogens is 254 g/mol. The van der Waals surface area contributed by atoms with E-state index in [0.29, 0.717) is 5.41 Å². The van der Waals surface area contributed by atoms with Crippen molar-refractivity contribution in [1.29, 1.82) is 0 Å². The van der Waals surface area contributed by atoms with Crippen molar-refractivity contribution in [3.8, 4) is 0 Å². The molecule has 1 aromatic rings. The molecule has 6 heteroatoms. The molecule has 6 nitrogen and oxygen atoms in total. The first-order valence-electron chi connectivity index (χ1n) is 7.13. The lowest BCUT2D eigenvalue weighted by atomic mass is 9.78. The molecular formula is C14H21N5O. The Hall–Kier alpha value is -1.69. The van der Waals surface area contributed by atoms with Gasteiger partial charge in [0.1, 0.15) is 11.5 Å². The lowest BCUT2D eigenvalue weighted by molar-refractivity contribution is 0.0995. The van der Waals surface area contributed by atoms with Crippen molar-refractivity contribution in [2.75, 3.05) is 38.1 Å². The van der Waals surface area contributed by atoms with E-state index in [2.05, 4.69) is 26.8 Å². The van der Waals surface area contributed by atoms with Crippen molar-refractivity contribution in [2.24, 2.45) is 11.1 Å². The number of amides is 1. The first kappa shape index (κ1) is 13.3. The quantitative estimate of drug-likeness (QED) is 0.850. The predicted molar refractivity (Wildman–Crippen MR) is 76.5 cm³/mol. The minimum atomic E-state index is -0.521. The van der Waals surface area contributed by atoms with Crippen LogP contribution in [0, 0.1) is 5.41 Å². The lowest BCUT2D eigenvalue weighted by Gasteiger charge is -2.37. The van der Waals surface area contributed by atoms with Gasteiger partial charge in [0.05, 0.1) is 12.4 Å². The van der Waals surface area contributed by atoms with Crippen molar-refractivity contribution in [3.05, 3.63) is 18.1 Å². The molecule has 20 heavy (non-hydrogen) atoms. The van der Waals surface area contributed by atoms with Crippen LogP contribution in [0.2, 0.25) is 0 Å². The van der Waals surface area contributed by atoms with Crippen molar-refractivity contribution in [2.45, 2.75) is 19.3 Å². The van der Waals surface area contributed by atoms with Crippen LogP contribution in [0.15, 0.2) is 12.4 Å². The zero-order valence-electron chi connectivity index (χ0n) is 11.9. The second-order valence-corrected chi connectivity index (χ2v) is 6.10. The lowest BCUT2D eigenvalue weighted by Crippen LogP contribution is -2.39. The first-order valence-corrected chi connectivity index (χ1v) is 7.13. The van der Waals surface area contributed by atoms with Crippen LogP contribution >= 0.6 is 0 Å². The zero-order chi connectivity index (χ0) is 14.2. The van der Waals surface area contributed by atoms with E-state index in [-0.39, 0.29) is 5.69 Å². The maximum atomic E-state index is 11.2. The number of anilines is 1. The van der Waals surface area contributed by atoms with Gasteiger partial charge in [0.25, 0.3) is 5.91 Å². The molecule has 0 radical (unpaired) electrons. The Morgan fingerprint density at radius 3 is 2.65 bits per heavy atom. The van der Waals surface area contributed by atoms with Crippen molar-refractivity contribution < 1.29 is 4.79 Å². The number of primary amides is 1. The van der Waals surface area contributed by atoms with Gasteiger partial charge in [-0.05, 0) is 44.8 Å². The highest BCUT2D eigenvalue weighted by atomic mass is 16.1. The fourth-order valence-corrected chi connectivity index (χ4v) is 3.26. The normalized spacial score (nSPS) is 22.4. The number of nitrogens with two attached hydrogens (primary N) is 1. The van der Waals surface area contributed by atoms with Gasteiger partial charge in [-0.15, -0.1) is 0 Å². The topological polar surface area (TPSA) is 75.3 Å². The minimum Gasteiger partial charge on any atom is -0.364 e. The van der Waals surface area contributed by atoms with E-state index >= 15 is 0 Å². The van der Waals surface area contributed by atoms with Gasteiger partial charge < -0.3 is 15.5 Å². The maximum Gasteiger partial charge on any atom is 0.268 e. The number of hydrogen-bond donors (Lipinski definition) is 1. The molecule has 0 saturated carbocycles. The van der Waals surface area contributed by atoms with E-state index in [1.807, 2.05) is 0 Å². The monoisotopic (exact) mass is 275 g/mol. The van der Waals surface area contributed by atoms with Crippen molar-refractivity contribution in [1.82, 2.24) is 14.9 Å². The fraction of sp³-hybridized carbons (Fsp3) is 0.643. The number of carbonyl (C=O) groups excluding carboxylic acids is 1. The molecule has 2 aliphatic rings. The summed E-state index contributed by atoms with van der Waals surface area (Å²) in [5, 5.41) is 0. The molecule has 2 aliphatic heterocycles. The van der Waals surface area contributed by atoms with E-state index in [4.69, 9.17) is 5.73 Å². The van der Waals surface area contributed by atoms with Crippen molar-refractivity contribution in [3.63, 3.8) is 0 Å². The Labute approximate surface area is 119 Å². The summed E-state index contributed by atoms with van der Waals surface area (Å²) in [6, 6.07) is 0. The Bertz CT molecular complexity index is 510. The van der Waals surface area contributed by atoms with E-state index in [9.17, 15) is 4.79 Å². The molecule has 0 atom stereocenters. The summed E-state index contributed by atoms with van der Waals surface area (Å²) in [6.07, 6.45) is 6.82. The first-order chi connectivity index (χ1) is 9.58. The fourth-order valence-electron chi connectivity index (χ4n) is 3.26. The molecule has 0 unspecified atom stereocenters. The van der Waals surface area contributed by atoms with Crippen molar-refractivity contribution >= 4 is 11.7 Å². The summed E-state index contributed by atoms with van der Waals surface area (Å²) in [7, 11) is 2.18. The van der Waals surface area contributed by atoms with E-state index in [1.54, 1.807) is 6.20 Å². The van der Waals surface area contributed by atoms with Gasteiger partial charge in [0, 0.05) is 13.1 Å². The smallest absolute Gasteiger partial charge is 0.268 e. The third-order valence-corrected chi connectivity index (χ3v) is 4.68. The number of piperidine rings is 1. The second kappa shape index (κ2) is 5.01. The largest absolute Gasteiger partial charge is 0.364 e. The van der Waals surface area contributed by atoms with Crippen LogP contribution in [-0.2, 0) is 0 Å². The average molecular weight is 275 g/mol. The molecule has 2 saturated heterocycles. The number of likely N-dealkylation sites (tertiary alicyclic amines) is 1. The summed E-state index contributed by atoms with van der Waals surface area (Å²) in [6.45, 7) is 4.33. The summed E-state index contributed by atoms with van der Waals surface area (Å²) in [5.41, 5.74) is 5.92. The predicted octanol–water partition coefficient (Wildman–Crippen LogP) is 0.498. The summed E-state index contributed by atoms with van der Waals surface area (Å²) >= 11 is 0. The van der Waals surface area contributed by atoms with E-state index in [1.165, 1.54) is 38.5 Å². The Kier molecular flexibility index (Phi) is 3.33. The molecule has 1 aromatic heterocycles. The minimum absolute atomic E-state index is 0.242. The molecule has 1 spiro atoms. The Balaban J connectivity index is 1.74. The molecule has 1 amide bonds. The molecule has 2 N–H and O–H groups in total. The van der Waals surface area contributed by atoms with Gasteiger partial charge in [-0.1, -0.05) is 0 Å². The second-order valence-electron chi connectivity index (χ2n) is 6.10. The highest BCUT2D eigenvalue weighted by molar-refractivity contribution is 5.90. The number of nitrogens with zero attached hydrogens (tertiary/aromatic N) is 4. The third-order valence-electron chi connectivity index (χ3n) is 4.68. The van der Waals surface area contributed by atoms with Crippen LogP contribution < -0.4 is 10.6 Å². The third kappa shape index (κ3) is 2.47. The van der Waals surface area contributed by atoms with Gasteiger partial charge in [-0.25, -0.2) is 4.98 Å². The van der Waals surface area contributed by atoms with Crippen LogP contribution in [0.3, 0.4) is 0 Å². The average Bonchev–Trinajstić information content (AvgIpc) is 2.87. The highest BCUT2D eigenvalue weighted by Crippen LogP contribution is 2.41. The summed E-state index contributed by atoms with van der Waals surface area (Å²) in [4.78, 5) is 24.2. The van der Waals surface area contributed by atoms with E-state index < -0.39 is 5.91 Å². The highest BCUT2D eigenvalue weighted by Gasteiger charge is 2.40. The standard InChI is InChI=1S/C14H21N5O/c1-18-5-2-14(3-6-18)4-7-19(10-14)12-9-16-8-11(17-12)13(15)20/h8-9H,2-7,10H2,1H3,(H2,15,20). The van der Waals surface area contributed by atoms with Gasteiger partial charge >= 0.3 is 0 Å². The van der Waals surface area contributed by atoms with Crippen LogP contribution in [0.1, 0.15) is 29.8 Å². The number of carbonyl (C=O) groups is 1. The number of rotatable bonds is 2. The summed E-state index contributed by atoms with van der Waals surface area (Å²) < 4.78 is 0. The Morgan fingerprint density at radius 2 is 1.95 bits per heavy atom. The number of aromatic nitrogens is 2. The maximum absolute atomic E-state index is 11.2. The molecule has 3 heterocycles. The SMILES string of the molecule is CN1CCC2(CC1)CCN(c1cncc(C(N)=O)n1)C2. The zero-order valence-corrected chi connectivity index (χ0v) is 11.9. The molecule has 3 rings (SSSR count). The molecule has 0 bridgehead atoms. The van der Waals surface area contributed by atoms with Crippen LogP contribution in [-0.4, -0.2) is 54.0 Å².